The Morgan fingerprint density at radius 1 is 1.10 bits per heavy atom. The van der Waals surface area contributed by atoms with Crippen LogP contribution < -0.4 is 9.64 Å². The van der Waals surface area contributed by atoms with E-state index in [1.807, 2.05) is 0 Å². The molecule has 0 unspecified atom stereocenters. The fourth-order valence-electron chi connectivity index (χ4n) is 5.04. The number of alkyl halides is 3. The molecule has 1 aromatic carbocycles. The Labute approximate surface area is 235 Å². The van der Waals surface area contributed by atoms with Crippen LogP contribution in [0.5, 0.6) is 11.6 Å². The molecular weight excluding hydrogens is 542 g/mol. The number of hydrogen-bond acceptors (Lipinski definition) is 5. The van der Waals surface area contributed by atoms with E-state index in [0.29, 0.717) is 24.5 Å². The van der Waals surface area contributed by atoms with Gasteiger partial charge in [-0.2, -0.15) is 13.2 Å². The van der Waals surface area contributed by atoms with Crippen molar-refractivity contribution >= 4 is 17.6 Å². The minimum atomic E-state index is -4.90. The lowest BCUT2D eigenvalue weighted by atomic mass is 9.82. The molecule has 2 aromatic heterocycles. The van der Waals surface area contributed by atoms with Crippen LogP contribution in [0, 0.1) is 17.7 Å². The maximum absolute atomic E-state index is 15.4. The molecule has 0 atom stereocenters. The van der Waals surface area contributed by atoms with Gasteiger partial charge < -0.3 is 14.7 Å². The maximum atomic E-state index is 15.4. The Hall–Kier alpha value is -4.02. The normalized spacial score (nSPS) is 17.4. The number of aromatic nitrogens is 2. The second kappa shape index (κ2) is 12.2. The molecule has 218 valence electrons. The number of amides is 1. The summed E-state index contributed by atoms with van der Waals surface area (Å²) < 4.78 is 62.5. The Balaban J connectivity index is 1.69. The van der Waals surface area contributed by atoms with Crippen molar-refractivity contribution < 1.29 is 37.0 Å². The third-order valence-corrected chi connectivity index (χ3v) is 7.19. The van der Waals surface area contributed by atoms with Gasteiger partial charge in [0.15, 0.2) is 11.6 Å². The van der Waals surface area contributed by atoms with Crippen molar-refractivity contribution in [2.75, 3.05) is 4.90 Å². The van der Waals surface area contributed by atoms with Crippen LogP contribution in [0.3, 0.4) is 0 Å². The highest BCUT2D eigenvalue weighted by atomic mass is 19.4. The summed E-state index contributed by atoms with van der Waals surface area (Å²) in [6, 6.07) is 6.99. The van der Waals surface area contributed by atoms with Gasteiger partial charge in [0, 0.05) is 48.6 Å². The summed E-state index contributed by atoms with van der Waals surface area (Å²) in [7, 11) is 0. The molecule has 1 N–H and O–H groups in total. The van der Waals surface area contributed by atoms with E-state index in [1.165, 1.54) is 11.1 Å². The lowest BCUT2D eigenvalue weighted by Gasteiger charge is -2.34. The molecule has 0 spiro atoms. The lowest BCUT2D eigenvalue weighted by molar-refractivity contribution is -0.139. The standard InChI is InChI=1S/C30H31F4N3O4/c1-17(2)37(28(38)20-9-7-18(3)8-10-20)25-15-24(31)26(14-22(25)29(39)40)41-27-23(30(32,33)34)13-19(16-36-27)12-21-6-4-5-11-35-21/h4-6,11,13-18,20H,7-10,12H2,1-3H3,(H,39,40). The molecule has 2 heterocycles. The minimum Gasteiger partial charge on any atom is -0.478 e. The molecule has 11 heteroatoms. The van der Waals surface area contributed by atoms with Crippen LogP contribution in [0.15, 0.2) is 48.8 Å². The van der Waals surface area contributed by atoms with E-state index in [-0.39, 0.29) is 29.5 Å². The van der Waals surface area contributed by atoms with Gasteiger partial charge in [0.2, 0.25) is 11.8 Å². The van der Waals surface area contributed by atoms with Gasteiger partial charge in [-0.15, -0.1) is 0 Å². The number of ether oxygens (including phenoxy) is 1. The van der Waals surface area contributed by atoms with E-state index < -0.39 is 46.8 Å². The van der Waals surface area contributed by atoms with Crippen LogP contribution >= 0.6 is 0 Å². The number of carboxylic acids is 1. The first-order valence-electron chi connectivity index (χ1n) is 13.4. The number of carbonyl (C=O) groups is 2. The molecule has 1 saturated carbocycles. The predicted molar refractivity (Wildman–Crippen MR) is 143 cm³/mol. The molecule has 1 aliphatic carbocycles. The number of benzene rings is 1. The first kappa shape index (κ1) is 30.0. The van der Waals surface area contributed by atoms with Crippen molar-refractivity contribution in [2.45, 2.75) is 65.1 Å². The zero-order chi connectivity index (χ0) is 29.9. The molecule has 1 amide bonds. The van der Waals surface area contributed by atoms with Gasteiger partial charge in [-0.05, 0) is 69.2 Å². The van der Waals surface area contributed by atoms with Crippen LogP contribution in [0.2, 0.25) is 0 Å². The first-order chi connectivity index (χ1) is 19.3. The quantitative estimate of drug-likeness (QED) is 0.285. The van der Waals surface area contributed by atoms with Gasteiger partial charge in [0.05, 0.1) is 11.3 Å². The largest absolute Gasteiger partial charge is 0.478 e. The van der Waals surface area contributed by atoms with Crippen molar-refractivity contribution in [1.29, 1.82) is 0 Å². The average molecular weight is 574 g/mol. The minimum absolute atomic E-state index is 0.0718. The van der Waals surface area contributed by atoms with Crippen LogP contribution in [-0.2, 0) is 17.4 Å². The highest BCUT2D eigenvalue weighted by molar-refractivity contribution is 6.03. The first-order valence-corrected chi connectivity index (χ1v) is 13.4. The molecular formula is C30H31F4N3O4. The lowest BCUT2D eigenvalue weighted by Crippen LogP contribution is -2.43. The summed E-state index contributed by atoms with van der Waals surface area (Å²) in [6.45, 7) is 5.47. The van der Waals surface area contributed by atoms with Crippen LogP contribution in [0.4, 0.5) is 23.2 Å². The fraction of sp³-hybridized carbons (Fsp3) is 0.400. The van der Waals surface area contributed by atoms with Crippen LogP contribution in [-0.4, -0.2) is 33.0 Å². The zero-order valence-electron chi connectivity index (χ0n) is 22.9. The third-order valence-electron chi connectivity index (χ3n) is 7.19. The number of hydrogen-bond donors (Lipinski definition) is 1. The summed E-state index contributed by atoms with van der Waals surface area (Å²) in [6.07, 6.45) is 0.827. The second-order valence-corrected chi connectivity index (χ2v) is 10.7. The number of anilines is 1. The van der Waals surface area contributed by atoms with Crippen molar-refractivity contribution in [3.63, 3.8) is 0 Å². The van der Waals surface area contributed by atoms with Crippen molar-refractivity contribution in [2.24, 2.45) is 11.8 Å². The Kier molecular flexibility index (Phi) is 8.94. The molecule has 3 aromatic rings. The van der Waals surface area contributed by atoms with E-state index in [1.54, 1.807) is 32.0 Å². The number of rotatable bonds is 8. The molecule has 0 radical (unpaired) electrons. The smallest absolute Gasteiger partial charge is 0.421 e. The summed E-state index contributed by atoms with van der Waals surface area (Å²) in [5, 5.41) is 9.95. The monoisotopic (exact) mass is 573 g/mol. The van der Waals surface area contributed by atoms with Gasteiger partial charge in [-0.1, -0.05) is 13.0 Å². The van der Waals surface area contributed by atoms with Crippen molar-refractivity contribution in [3.05, 3.63) is 77.0 Å². The topological polar surface area (TPSA) is 92.6 Å². The van der Waals surface area contributed by atoms with E-state index >= 15 is 4.39 Å². The molecule has 41 heavy (non-hydrogen) atoms. The molecule has 0 saturated heterocycles. The second-order valence-electron chi connectivity index (χ2n) is 10.7. The SMILES string of the molecule is CC1CCC(C(=O)N(c2cc(F)c(Oc3ncc(Cc4ccccn4)cc3C(F)(F)F)cc2C(=O)O)C(C)C)CC1. The van der Waals surface area contributed by atoms with E-state index in [4.69, 9.17) is 4.74 Å². The van der Waals surface area contributed by atoms with Gasteiger partial charge in [-0.3, -0.25) is 9.78 Å². The average Bonchev–Trinajstić information content (AvgIpc) is 2.91. The van der Waals surface area contributed by atoms with E-state index in [2.05, 4.69) is 16.9 Å². The number of carbonyl (C=O) groups excluding carboxylic acids is 1. The van der Waals surface area contributed by atoms with Gasteiger partial charge >= 0.3 is 12.1 Å². The number of carboxylic acid groups (broad SMARTS) is 1. The van der Waals surface area contributed by atoms with Crippen molar-refractivity contribution in [1.82, 2.24) is 9.97 Å². The van der Waals surface area contributed by atoms with Gasteiger partial charge in [-0.25, -0.2) is 14.2 Å². The molecule has 0 aliphatic heterocycles. The molecule has 7 nitrogen and oxygen atoms in total. The number of halogens is 4. The summed E-state index contributed by atoms with van der Waals surface area (Å²) in [5.41, 5.74) is -1.19. The predicted octanol–water partition coefficient (Wildman–Crippen LogP) is 7.28. The Bertz CT molecular complexity index is 1400. The molecule has 1 fully saturated rings. The van der Waals surface area contributed by atoms with E-state index in [0.717, 1.165) is 37.2 Å². The van der Waals surface area contributed by atoms with Crippen molar-refractivity contribution in [3.8, 4) is 11.6 Å². The molecule has 1 aliphatic rings. The summed E-state index contributed by atoms with van der Waals surface area (Å²) in [5.74, 6) is -4.48. The fourth-order valence-corrected chi connectivity index (χ4v) is 5.04. The number of pyridine rings is 2. The van der Waals surface area contributed by atoms with E-state index in [9.17, 15) is 27.9 Å². The highest BCUT2D eigenvalue weighted by Crippen LogP contribution is 2.40. The maximum Gasteiger partial charge on any atom is 0.421 e. The molecule has 4 rings (SSSR count). The van der Waals surface area contributed by atoms with Gasteiger partial charge in [0.1, 0.15) is 5.56 Å². The number of nitrogens with zero attached hydrogens (tertiary/aromatic N) is 3. The van der Waals surface area contributed by atoms with Crippen LogP contribution in [0.1, 0.15) is 73.6 Å². The zero-order valence-corrected chi connectivity index (χ0v) is 22.9. The highest BCUT2D eigenvalue weighted by Gasteiger charge is 2.37. The summed E-state index contributed by atoms with van der Waals surface area (Å²) >= 11 is 0. The Morgan fingerprint density at radius 3 is 2.39 bits per heavy atom. The third kappa shape index (κ3) is 7.01. The summed E-state index contributed by atoms with van der Waals surface area (Å²) in [4.78, 5) is 34.8. The Morgan fingerprint density at radius 2 is 1.80 bits per heavy atom. The van der Waals surface area contributed by atoms with Gasteiger partial charge in [0.25, 0.3) is 0 Å². The van der Waals surface area contributed by atoms with Crippen LogP contribution in [0.25, 0.3) is 0 Å². The number of aromatic carboxylic acids is 1. The molecule has 0 bridgehead atoms.